The van der Waals surface area contributed by atoms with Gasteiger partial charge in [-0.3, -0.25) is 4.79 Å². The number of hydrogen-bond donors (Lipinski definition) is 1. The van der Waals surface area contributed by atoms with Gasteiger partial charge in [-0.05, 0) is 72.0 Å². The van der Waals surface area contributed by atoms with E-state index >= 15 is 4.39 Å². The van der Waals surface area contributed by atoms with Crippen LogP contribution in [0.2, 0.25) is 0 Å². The Balaban J connectivity index is 1.32. The lowest BCUT2D eigenvalue weighted by molar-refractivity contribution is 0.00578. The lowest BCUT2D eigenvalue weighted by atomic mass is 9.75. The van der Waals surface area contributed by atoms with Crippen molar-refractivity contribution < 1.29 is 37.2 Å². The molecule has 14 heteroatoms. The van der Waals surface area contributed by atoms with Crippen LogP contribution in [0.4, 0.5) is 19.4 Å². The van der Waals surface area contributed by atoms with Crippen LogP contribution >= 0.6 is 0 Å². The molecular weight excluding hydrogens is 635 g/mol. The number of fused-ring (bicyclic) bond motifs is 1. The smallest absolute Gasteiger partial charge is 0.493 e. The number of nitrogens with zero attached hydrogens (tertiary/aromatic N) is 4. The van der Waals surface area contributed by atoms with Gasteiger partial charge in [0.25, 0.3) is 5.91 Å². The number of ether oxygens (including phenoxy) is 2. The van der Waals surface area contributed by atoms with Gasteiger partial charge in [-0.1, -0.05) is 12.1 Å². The van der Waals surface area contributed by atoms with Gasteiger partial charge in [0, 0.05) is 56.3 Å². The second kappa shape index (κ2) is 12.6. The zero-order chi connectivity index (χ0) is 35.5. The molecule has 2 aromatic heterocycles. The monoisotopic (exact) mass is 679 g/mol. The first-order valence-electron chi connectivity index (χ1n) is 16.6. The normalized spacial score (nSPS) is 19.3. The molecule has 0 bridgehead atoms. The molecule has 262 valence electrons. The third-order valence-electron chi connectivity index (χ3n) is 9.66. The van der Waals surface area contributed by atoms with E-state index in [1.54, 1.807) is 42.7 Å². The van der Waals surface area contributed by atoms with Crippen LogP contribution < -0.4 is 15.1 Å². The van der Waals surface area contributed by atoms with E-state index in [1.165, 1.54) is 13.2 Å². The minimum atomic E-state index is -0.835. The van der Waals surface area contributed by atoms with E-state index in [-0.39, 0.29) is 23.7 Å². The molecule has 0 saturated carbocycles. The van der Waals surface area contributed by atoms with Gasteiger partial charge >= 0.3 is 13.2 Å². The lowest BCUT2D eigenvalue weighted by Gasteiger charge is -2.35. The van der Waals surface area contributed by atoms with Crippen molar-refractivity contribution in [1.82, 2.24) is 19.8 Å². The molecule has 6 rings (SSSR count). The highest BCUT2D eigenvalue weighted by molar-refractivity contribution is 6.65. The van der Waals surface area contributed by atoms with Crippen LogP contribution in [0.15, 0.2) is 30.5 Å². The summed E-state index contributed by atoms with van der Waals surface area (Å²) in [6.07, 6.45) is 3.13. The molecule has 5 heterocycles. The minimum absolute atomic E-state index is 0.153. The highest BCUT2D eigenvalue weighted by Crippen LogP contribution is 2.38. The molecular formula is C35H44BF2N5O6. The summed E-state index contributed by atoms with van der Waals surface area (Å²) in [5.41, 5.74) is -0.118. The number of carbonyl (C=O) groups excluding carboxylic acids is 2. The standard InChI is InChI=1S/C35H44BF2N5O6/c1-33(2,3)47-32(45)43-11-9-10-21(20-43)23-17-25(36-48-34(4,5)35(6,7)49-36)24-18-26(40-29(24)28(23)38)31(44)42-14-12-41(13-15-42)30-27(46-8)16-22(37)19-39-30/h10,16-19,40H,9,11-15,20H2,1-8H3. The van der Waals surface area contributed by atoms with Crippen molar-refractivity contribution in [1.29, 1.82) is 0 Å². The summed E-state index contributed by atoms with van der Waals surface area (Å²) < 4.78 is 54.1. The molecule has 0 radical (unpaired) electrons. The minimum Gasteiger partial charge on any atom is -0.493 e. The number of halogens is 2. The number of H-pyrrole nitrogens is 1. The van der Waals surface area contributed by atoms with Gasteiger partial charge < -0.3 is 38.5 Å². The zero-order valence-corrected chi connectivity index (χ0v) is 29.4. The van der Waals surface area contributed by atoms with Gasteiger partial charge in [-0.15, -0.1) is 0 Å². The number of anilines is 1. The number of aromatic amines is 1. The number of rotatable bonds is 5. The Morgan fingerprint density at radius 2 is 1.65 bits per heavy atom. The quantitative estimate of drug-likeness (QED) is 0.370. The van der Waals surface area contributed by atoms with Gasteiger partial charge in [0.15, 0.2) is 17.4 Å². The van der Waals surface area contributed by atoms with Crippen molar-refractivity contribution in [2.45, 2.75) is 71.7 Å². The van der Waals surface area contributed by atoms with Gasteiger partial charge in [0.2, 0.25) is 0 Å². The number of benzene rings is 1. The summed E-state index contributed by atoms with van der Waals surface area (Å²) in [5.74, 6) is -0.497. The van der Waals surface area contributed by atoms with Gasteiger partial charge in [-0.25, -0.2) is 18.6 Å². The van der Waals surface area contributed by atoms with Crippen LogP contribution in [0.3, 0.4) is 0 Å². The number of hydrogen-bond acceptors (Lipinski definition) is 8. The fourth-order valence-electron chi connectivity index (χ4n) is 6.31. The fourth-order valence-corrected chi connectivity index (χ4v) is 6.31. The SMILES string of the molecule is COc1cc(F)cnc1N1CCN(C(=O)c2cc3c(B4OC(C)(C)C(C)(C)O4)cc(C4=CCCN(C(=O)OC(C)(C)C)C4)c(F)c3[nH]2)CC1. The van der Waals surface area contributed by atoms with Crippen molar-refractivity contribution in [2.75, 3.05) is 51.3 Å². The number of nitrogens with one attached hydrogen (secondary N) is 1. The Bertz CT molecular complexity index is 1800. The highest BCUT2D eigenvalue weighted by atomic mass is 19.1. The van der Waals surface area contributed by atoms with Crippen molar-refractivity contribution in [3.8, 4) is 5.75 Å². The highest BCUT2D eigenvalue weighted by Gasteiger charge is 2.52. The molecule has 0 spiro atoms. The molecule has 3 aliphatic rings. The first kappa shape index (κ1) is 34.7. The molecule has 2 amide bonds. The zero-order valence-electron chi connectivity index (χ0n) is 29.4. The van der Waals surface area contributed by atoms with Crippen molar-refractivity contribution >= 4 is 46.9 Å². The Hall–Kier alpha value is -4.17. The predicted octanol–water partition coefficient (Wildman–Crippen LogP) is 5.14. The molecule has 0 atom stereocenters. The summed E-state index contributed by atoms with van der Waals surface area (Å²) in [6.45, 7) is 15.4. The number of piperazine rings is 1. The molecule has 0 unspecified atom stereocenters. The van der Waals surface area contributed by atoms with Crippen LogP contribution in [-0.4, -0.2) is 102 Å². The maximum Gasteiger partial charge on any atom is 0.495 e. The van der Waals surface area contributed by atoms with E-state index < -0.39 is 41.6 Å². The molecule has 3 aromatic rings. The summed E-state index contributed by atoms with van der Waals surface area (Å²) in [4.78, 5) is 39.3. The maximum absolute atomic E-state index is 16.6. The van der Waals surface area contributed by atoms with E-state index in [1.807, 2.05) is 38.7 Å². The number of aromatic nitrogens is 2. The summed E-state index contributed by atoms with van der Waals surface area (Å²) in [7, 11) is 0.624. The first-order valence-corrected chi connectivity index (χ1v) is 16.6. The largest absolute Gasteiger partial charge is 0.495 e. The van der Waals surface area contributed by atoms with Crippen LogP contribution in [0.5, 0.6) is 5.75 Å². The third-order valence-corrected chi connectivity index (χ3v) is 9.66. The van der Waals surface area contributed by atoms with Crippen LogP contribution in [0, 0.1) is 11.6 Å². The second-order valence-electron chi connectivity index (χ2n) is 14.8. The third kappa shape index (κ3) is 6.72. The van der Waals surface area contributed by atoms with Gasteiger partial charge in [0.05, 0.1) is 30.0 Å². The Morgan fingerprint density at radius 3 is 2.29 bits per heavy atom. The number of carbonyl (C=O) groups is 2. The topological polar surface area (TPSA) is 109 Å². The lowest BCUT2D eigenvalue weighted by Crippen LogP contribution is -2.49. The second-order valence-corrected chi connectivity index (χ2v) is 14.8. The van der Waals surface area contributed by atoms with E-state index in [0.717, 1.165) is 6.20 Å². The molecule has 0 aliphatic carbocycles. The summed E-state index contributed by atoms with van der Waals surface area (Å²) in [5, 5.41) is 0.474. The Morgan fingerprint density at radius 1 is 0.980 bits per heavy atom. The molecule has 2 saturated heterocycles. The molecule has 3 aliphatic heterocycles. The molecule has 49 heavy (non-hydrogen) atoms. The van der Waals surface area contributed by atoms with Gasteiger partial charge in [0.1, 0.15) is 17.1 Å². The van der Waals surface area contributed by atoms with E-state index in [2.05, 4.69) is 9.97 Å². The average Bonchev–Trinajstić information content (AvgIpc) is 3.58. The van der Waals surface area contributed by atoms with Gasteiger partial charge in [-0.2, -0.15) is 0 Å². The average molecular weight is 680 g/mol. The Labute approximate surface area is 285 Å². The van der Waals surface area contributed by atoms with Crippen LogP contribution in [0.25, 0.3) is 16.5 Å². The molecule has 1 aromatic carbocycles. The number of amides is 2. The fraction of sp³-hybridized carbons (Fsp3) is 0.514. The van der Waals surface area contributed by atoms with Crippen LogP contribution in [0.1, 0.15) is 70.9 Å². The Kier molecular flexibility index (Phi) is 8.93. The molecule has 11 nitrogen and oxygen atoms in total. The van der Waals surface area contributed by atoms with Crippen LogP contribution in [-0.2, 0) is 14.0 Å². The summed E-state index contributed by atoms with van der Waals surface area (Å²) in [6, 6.07) is 4.65. The van der Waals surface area contributed by atoms with E-state index in [4.69, 9.17) is 18.8 Å². The van der Waals surface area contributed by atoms with Crippen molar-refractivity contribution in [3.05, 3.63) is 53.4 Å². The number of methoxy groups -OCH3 is 1. The van der Waals surface area contributed by atoms with Crippen molar-refractivity contribution in [2.24, 2.45) is 0 Å². The number of pyridine rings is 1. The predicted molar refractivity (Wildman–Crippen MR) is 183 cm³/mol. The first-order chi connectivity index (χ1) is 23.0. The van der Waals surface area contributed by atoms with E-state index in [0.29, 0.717) is 72.7 Å². The maximum atomic E-state index is 16.6. The van der Waals surface area contributed by atoms with Crippen molar-refractivity contribution in [3.63, 3.8) is 0 Å². The molecule has 2 fully saturated rings. The molecule has 1 N–H and O–H groups in total. The van der Waals surface area contributed by atoms with E-state index in [9.17, 15) is 14.0 Å². The summed E-state index contributed by atoms with van der Waals surface area (Å²) >= 11 is 0.